The molecule has 0 aliphatic heterocycles. The lowest BCUT2D eigenvalue weighted by molar-refractivity contribution is -0.0497. The zero-order valence-corrected chi connectivity index (χ0v) is 16.6. The van der Waals surface area contributed by atoms with Crippen LogP contribution in [-0.4, -0.2) is 30.7 Å². The van der Waals surface area contributed by atoms with Crippen molar-refractivity contribution in [1.29, 1.82) is 0 Å². The Labute approximate surface area is 167 Å². The van der Waals surface area contributed by atoms with E-state index in [0.717, 1.165) is 22.1 Å². The number of hydrogen-bond acceptors (Lipinski definition) is 4. The Morgan fingerprint density at radius 1 is 1.15 bits per heavy atom. The van der Waals surface area contributed by atoms with Crippen LogP contribution in [0.5, 0.6) is 5.75 Å². The molecule has 0 unspecified atom stereocenters. The van der Waals surface area contributed by atoms with Crippen LogP contribution in [0.3, 0.4) is 0 Å². The third-order valence-electron chi connectivity index (χ3n) is 3.49. The molecule has 2 aromatic carbocycles. The zero-order valence-electron chi connectivity index (χ0n) is 14.1. The van der Waals surface area contributed by atoms with Crippen LogP contribution in [0.2, 0.25) is 0 Å². The number of benzene rings is 2. The van der Waals surface area contributed by atoms with E-state index in [1.165, 1.54) is 17.7 Å². The molecule has 1 N–H and O–H groups in total. The molecule has 0 amide bonds. The van der Waals surface area contributed by atoms with Gasteiger partial charge < -0.3 is 14.6 Å². The van der Waals surface area contributed by atoms with Crippen molar-refractivity contribution in [2.75, 3.05) is 19.0 Å². The first kappa shape index (κ1) is 22.3. The molecule has 0 aliphatic carbocycles. The SMILES string of the molecule is CN(C)c1ccccc1CSc1nc2ccc(OC(F)F)cc2[nH]1.Cl.Cl. The van der Waals surface area contributed by atoms with Crippen LogP contribution in [0.25, 0.3) is 11.0 Å². The van der Waals surface area contributed by atoms with Gasteiger partial charge in [0.1, 0.15) is 5.75 Å². The number of anilines is 1. The second-order valence-electron chi connectivity index (χ2n) is 5.41. The maximum atomic E-state index is 12.3. The van der Waals surface area contributed by atoms with Crippen molar-refractivity contribution >= 4 is 53.3 Å². The number of alkyl halides is 2. The summed E-state index contributed by atoms with van der Waals surface area (Å²) < 4.78 is 29.0. The predicted molar refractivity (Wildman–Crippen MR) is 108 cm³/mol. The van der Waals surface area contributed by atoms with Crippen LogP contribution in [0.1, 0.15) is 5.56 Å². The largest absolute Gasteiger partial charge is 0.435 e. The van der Waals surface area contributed by atoms with Gasteiger partial charge >= 0.3 is 6.61 Å². The van der Waals surface area contributed by atoms with Crippen molar-refractivity contribution in [2.45, 2.75) is 17.5 Å². The van der Waals surface area contributed by atoms with Gasteiger partial charge in [-0.1, -0.05) is 30.0 Å². The number of aromatic nitrogens is 2. The van der Waals surface area contributed by atoms with Crippen molar-refractivity contribution in [3.8, 4) is 5.75 Å². The molecule has 0 saturated carbocycles. The Kier molecular flexibility index (Phi) is 8.46. The van der Waals surface area contributed by atoms with Crippen molar-refractivity contribution in [1.82, 2.24) is 9.97 Å². The molecular formula is C17H19Cl2F2N3OS. The van der Waals surface area contributed by atoms with Gasteiger partial charge in [0.2, 0.25) is 0 Å². The first-order valence-electron chi connectivity index (χ1n) is 7.35. The lowest BCUT2D eigenvalue weighted by Crippen LogP contribution is -2.10. The molecule has 26 heavy (non-hydrogen) atoms. The van der Waals surface area contributed by atoms with E-state index in [2.05, 4.69) is 31.7 Å². The van der Waals surface area contributed by atoms with E-state index in [1.54, 1.807) is 17.8 Å². The van der Waals surface area contributed by atoms with E-state index in [4.69, 9.17) is 0 Å². The number of nitrogens with zero attached hydrogens (tertiary/aromatic N) is 2. The van der Waals surface area contributed by atoms with Gasteiger partial charge in [-0.05, 0) is 23.8 Å². The molecule has 0 bridgehead atoms. The third kappa shape index (κ3) is 5.40. The van der Waals surface area contributed by atoms with Gasteiger partial charge in [0, 0.05) is 31.6 Å². The summed E-state index contributed by atoms with van der Waals surface area (Å²) in [5.74, 6) is 0.879. The number of rotatable bonds is 6. The molecule has 4 nitrogen and oxygen atoms in total. The topological polar surface area (TPSA) is 41.2 Å². The first-order valence-corrected chi connectivity index (χ1v) is 8.34. The summed E-state index contributed by atoms with van der Waals surface area (Å²) in [4.78, 5) is 9.69. The molecule has 1 heterocycles. The van der Waals surface area contributed by atoms with E-state index in [9.17, 15) is 8.78 Å². The Hall–Kier alpha value is -1.70. The average Bonchev–Trinajstić information content (AvgIpc) is 2.94. The van der Waals surface area contributed by atoms with Gasteiger partial charge in [-0.2, -0.15) is 8.78 Å². The second kappa shape index (κ2) is 9.85. The molecule has 1 aromatic heterocycles. The Morgan fingerprint density at radius 3 is 2.58 bits per heavy atom. The first-order chi connectivity index (χ1) is 11.5. The quantitative estimate of drug-likeness (QED) is 0.543. The van der Waals surface area contributed by atoms with E-state index >= 15 is 0 Å². The van der Waals surface area contributed by atoms with E-state index in [1.807, 2.05) is 26.2 Å². The van der Waals surface area contributed by atoms with Crippen LogP contribution in [0, 0.1) is 0 Å². The highest BCUT2D eigenvalue weighted by Gasteiger charge is 2.10. The molecule has 3 rings (SSSR count). The van der Waals surface area contributed by atoms with Gasteiger partial charge in [0.15, 0.2) is 5.16 Å². The molecule has 0 atom stereocenters. The van der Waals surface area contributed by atoms with Crippen molar-refractivity contribution in [3.63, 3.8) is 0 Å². The Morgan fingerprint density at radius 2 is 1.88 bits per heavy atom. The van der Waals surface area contributed by atoms with Gasteiger partial charge in [0.05, 0.1) is 11.0 Å². The molecule has 0 fully saturated rings. The lowest BCUT2D eigenvalue weighted by Gasteiger charge is -2.16. The number of halogens is 4. The minimum atomic E-state index is -2.83. The van der Waals surface area contributed by atoms with Gasteiger partial charge in [-0.3, -0.25) is 0 Å². The lowest BCUT2D eigenvalue weighted by atomic mass is 10.2. The molecule has 0 spiro atoms. The van der Waals surface area contributed by atoms with Crippen molar-refractivity contribution < 1.29 is 13.5 Å². The van der Waals surface area contributed by atoms with E-state index < -0.39 is 6.61 Å². The van der Waals surface area contributed by atoms with Crippen LogP contribution in [-0.2, 0) is 5.75 Å². The summed E-state index contributed by atoms with van der Waals surface area (Å²) in [6.45, 7) is -2.83. The van der Waals surface area contributed by atoms with Crippen LogP contribution >= 0.6 is 36.6 Å². The number of aromatic amines is 1. The van der Waals surface area contributed by atoms with Crippen molar-refractivity contribution in [3.05, 3.63) is 48.0 Å². The number of thioether (sulfide) groups is 1. The van der Waals surface area contributed by atoms with Gasteiger partial charge in [-0.15, -0.1) is 24.8 Å². The predicted octanol–water partition coefficient (Wildman–Crippen LogP) is 5.37. The molecule has 3 aromatic rings. The Balaban J connectivity index is 0.00000169. The van der Waals surface area contributed by atoms with Crippen molar-refractivity contribution in [2.24, 2.45) is 0 Å². The monoisotopic (exact) mass is 421 g/mol. The molecular weight excluding hydrogens is 403 g/mol. The molecule has 142 valence electrons. The summed E-state index contributed by atoms with van der Waals surface area (Å²) >= 11 is 1.57. The highest BCUT2D eigenvalue weighted by molar-refractivity contribution is 7.98. The van der Waals surface area contributed by atoms with Crippen LogP contribution in [0.4, 0.5) is 14.5 Å². The summed E-state index contributed by atoms with van der Waals surface area (Å²) in [6.07, 6.45) is 0. The number of para-hydroxylation sites is 1. The standard InChI is InChI=1S/C17H17F2N3OS.2ClH/c1-22(2)15-6-4-3-5-11(15)10-24-17-20-13-8-7-12(23-16(18)19)9-14(13)21-17;;/h3-9,16H,10H2,1-2H3,(H,20,21);2*1H. The number of hydrogen-bond donors (Lipinski definition) is 1. The summed E-state index contributed by atoms with van der Waals surface area (Å²) in [5, 5.41) is 0.743. The van der Waals surface area contributed by atoms with E-state index in [0.29, 0.717) is 5.52 Å². The zero-order chi connectivity index (χ0) is 17.1. The summed E-state index contributed by atoms with van der Waals surface area (Å²) in [6, 6.07) is 12.9. The number of fused-ring (bicyclic) bond motifs is 1. The van der Waals surface area contributed by atoms with Gasteiger partial charge in [-0.25, -0.2) is 4.98 Å². The second-order valence-corrected chi connectivity index (χ2v) is 6.38. The van der Waals surface area contributed by atoms with E-state index in [-0.39, 0.29) is 30.6 Å². The molecule has 0 aliphatic rings. The fraction of sp³-hybridized carbons (Fsp3) is 0.235. The fourth-order valence-corrected chi connectivity index (χ4v) is 3.31. The van der Waals surface area contributed by atoms with Gasteiger partial charge in [0.25, 0.3) is 0 Å². The average molecular weight is 422 g/mol. The summed E-state index contributed by atoms with van der Waals surface area (Å²) in [5.41, 5.74) is 3.76. The smallest absolute Gasteiger partial charge is 0.387 e. The fourth-order valence-electron chi connectivity index (χ4n) is 2.43. The third-order valence-corrected chi connectivity index (χ3v) is 4.42. The minimum absolute atomic E-state index is 0. The molecule has 0 radical (unpaired) electrons. The molecule has 9 heteroatoms. The van der Waals surface area contributed by atoms with Crippen LogP contribution in [0.15, 0.2) is 47.6 Å². The Bertz CT molecular complexity index is 846. The minimum Gasteiger partial charge on any atom is -0.435 e. The number of ether oxygens (including phenoxy) is 1. The maximum absolute atomic E-state index is 12.3. The normalized spacial score (nSPS) is 10.3. The highest BCUT2D eigenvalue weighted by atomic mass is 35.5. The summed E-state index contributed by atoms with van der Waals surface area (Å²) in [7, 11) is 4.02. The van der Waals surface area contributed by atoms with Crippen LogP contribution < -0.4 is 9.64 Å². The maximum Gasteiger partial charge on any atom is 0.387 e. The number of imidazole rings is 1. The number of H-pyrrole nitrogens is 1. The molecule has 0 saturated heterocycles. The number of nitrogens with one attached hydrogen (secondary N) is 1. The highest BCUT2D eigenvalue weighted by Crippen LogP contribution is 2.29.